The number of rotatable bonds is 8. The van der Waals surface area contributed by atoms with Crippen molar-refractivity contribution in [2.45, 2.75) is 46.6 Å². The third-order valence-electron chi connectivity index (χ3n) is 5.05. The van der Waals surface area contributed by atoms with Crippen molar-refractivity contribution in [2.75, 3.05) is 20.3 Å². The predicted octanol–water partition coefficient (Wildman–Crippen LogP) is 3.50. The first-order valence-corrected chi connectivity index (χ1v) is 10.7. The van der Waals surface area contributed by atoms with Crippen LogP contribution in [-0.2, 0) is 6.42 Å². The Morgan fingerprint density at radius 3 is 2.41 bits per heavy atom. The molecule has 2 rings (SSSR count). The van der Waals surface area contributed by atoms with Crippen LogP contribution in [0.5, 0.6) is 5.75 Å². The van der Waals surface area contributed by atoms with Crippen LogP contribution in [0.4, 0.5) is 0 Å². The van der Waals surface area contributed by atoms with Gasteiger partial charge in [-0.05, 0) is 58.4 Å². The van der Waals surface area contributed by atoms with Gasteiger partial charge in [0.05, 0.1) is 25.8 Å². The Balaban J connectivity index is 2.49. The summed E-state index contributed by atoms with van der Waals surface area (Å²) in [4.78, 5) is 31.0. The smallest absolute Gasteiger partial charge is 0.273 e. The normalized spacial score (nSPS) is 11.5. The maximum absolute atomic E-state index is 13.5. The van der Waals surface area contributed by atoms with Crippen LogP contribution < -0.4 is 10.2 Å². The minimum Gasteiger partial charge on any atom is -0.496 e. The van der Waals surface area contributed by atoms with E-state index in [0.717, 1.165) is 16.7 Å². The molecule has 2 amide bonds. The fourth-order valence-electron chi connectivity index (χ4n) is 3.58. The Morgan fingerprint density at radius 1 is 1.19 bits per heavy atom. The average molecular weight is 440 g/mol. The van der Waals surface area contributed by atoms with Crippen molar-refractivity contribution in [1.29, 1.82) is 0 Å². The first-order chi connectivity index (χ1) is 15.1. The molecule has 0 saturated carbocycles. The average Bonchev–Trinajstić information content (AvgIpc) is 2.75. The number of ether oxygens (including phenoxy) is 1. The number of nitrogens with one attached hydrogen (secondary N) is 1. The summed E-state index contributed by atoms with van der Waals surface area (Å²) in [7, 11) is 1.56. The highest BCUT2D eigenvalue weighted by Crippen LogP contribution is 2.24. The molecule has 2 aromatic carbocycles. The van der Waals surface area contributed by atoms with Crippen molar-refractivity contribution in [1.82, 2.24) is 10.4 Å². The number of aryl methyl sites for hydroxylation is 2. The van der Waals surface area contributed by atoms with Crippen LogP contribution in [0.25, 0.3) is 0 Å². The van der Waals surface area contributed by atoms with Crippen LogP contribution in [0.15, 0.2) is 41.4 Å². The molecule has 0 aromatic heterocycles. The molecular formula is C25H33N3O4. The molecule has 2 aromatic rings. The number of nitrogens with zero attached hydrogens (tertiary/aromatic N) is 2. The summed E-state index contributed by atoms with van der Waals surface area (Å²) in [6.45, 7) is 9.45. The van der Waals surface area contributed by atoms with Crippen molar-refractivity contribution in [3.05, 3.63) is 64.2 Å². The number of hydrogen-bond donors (Lipinski definition) is 2. The molecule has 32 heavy (non-hydrogen) atoms. The lowest BCUT2D eigenvalue weighted by atomic mass is 10.0. The lowest BCUT2D eigenvalue weighted by Gasteiger charge is -2.36. The number of carbonyl (C=O) groups is 2. The largest absolute Gasteiger partial charge is 0.496 e. The molecule has 7 heteroatoms. The zero-order chi connectivity index (χ0) is 23.9. The van der Waals surface area contributed by atoms with E-state index in [9.17, 15) is 9.59 Å². The van der Waals surface area contributed by atoms with Gasteiger partial charge in [0.2, 0.25) is 0 Å². The second-order valence-electron chi connectivity index (χ2n) is 8.21. The Morgan fingerprint density at radius 2 is 1.84 bits per heavy atom. The van der Waals surface area contributed by atoms with Gasteiger partial charge in [-0.15, -0.1) is 0 Å². The van der Waals surface area contributed by atoms with Gasteiger partial charge in [0.25, 0.3) is 11.8 Å². The van der Waals surface area contributed by atoms with Gasteiger partial charge in [0, 0.05) is 22.9 Å². The predicted molar refractivity (Wildman–Crippen MR) is 126 cm³/mol. The second-order valence-corrected chi connectivity index (χ2v) is 8.21. The highest BCUT2D eigenvalue weighted by Gasteiger charge is 2.33. The van der Waals surface area contributed by atoms with Gasteiger partial charge >= 0.3 is 0 Å². The Bertz CT molecular complexity index is 978. The van der Waals surface area contributed by atoms with E-state index in [1.807, 2.05) is 26.8 Å². The van der Waals surface area contributed by atoms with Gasteiger partial charge < -0.3 is 9.84 Å². The number of methoxy groups -OCH3 is 1. The maximum atomic E-state index is 13.5. The molecule has 0 saturated heterocycles. The summed E-state index contributed by atoms with van der Waals surface area (Å²) in [6, 6.07) is 10.8. The molecule has 0 bridgehead atoms. The summed E-state index contributed by atoms with van der Waals surface area (Å²) < 4.78 is 5.40. The third-order valence-corrected chi connectivity index (χ3v) is 5.05. The molecular weight excluding hydrogens is 406 g/mol. The Kier molecular flexibility index (Phi) is 8.55. The summed E-state index contributed by atoms with van der Waals surface area (Å²) >= 11 is 0. The Labute approximate surface area is 190 Å². The molecule has 0 aliphatic rings. The number of hydrazine groups is 1. The van der Waals surface area contributed by atoms with Crippen molar-refractivity contribution in [2.24, 2.45) is 4.99 Å². The molecule has 7 nitrogen and oxygen atoms in total. The number of amides is 2. The molecule has 0 radical (unpaired) electrons. The minimum atomic E-state index is -0.954. The molecule has 0 fully saturated rings. The first kappa shape index (κ1) is 25.1. The van der Waals surface area contributed by atoms with Crippen molar-refractivity contribution in [3.8, 4) is 5.75 Å². The quantitative estimate of drug-likeness (QED) is 0.486. The number of carbonyl (C=O) groups excluding carboxylic acids is 2. The second kappa shape index (κ2) is 10.9. The number of aliphatic hydroxyl groups is 1. The number of aliphatic imine (C=N–C) groups is 1. The van der Waals surface area contributed by atoms with Gasteiger partial charge in [0.1, 0.15) is 5.75 Å². The number of aliphatic hydroxyl groups excluding tert-OH is 1. The zero-order valence-corrected chi connectivity index (χ0v) is 19.7. The van der Waals surface area contributed by atoms with Crippen LogP contribution in [0.3, 0.4) is 0 Å². The molecule has 2 N–H and O–H groups in total. The van der Waals surface area contributed by atoms with E-state index in [1.165, 1.54) is 5.01 Å². The monoisotopic (exact) mass is 439 g/mol. The lowest BCUT2D eigenvalue weighted by Crippen LogP contribution is -2.58. The van der Waals surface area contributed by atoms with E-state index in [1.54, 1.807) is 57.5 Å². The van der Waals surface area contributed by atoms with Crippen LogP contribution in [0, 0.1) is 13.8 Å². The number of hydrogen-bond acceptors (Lipinski definition) is 5. The first-order valence-electron chi connectivity index (χ1n) is 10.7. The van der Waals surface area contributed by atoms with E-state index in [-0.39, 0.29) is 19.1 Å². The van der Waals surface area contributed by atoms with E-state index in [2.05, 4.69) is 10.4 Å². The minimum absolute atomic E-state index is 0.104. The maximum Gasteiger partial charge on any atom is 0.273 e. The topological polar surface area (TPSA) is 91.2 Å². The SMILES string of the molecule is CCc1c(OC)cccc1C(=O)NN(C(=O)c1cc(C)cc(C)c1)C(C)(C)/C=N/CCO. The van der Waals surface area contributed by atoms with Crippen molar-refractivity contribution in [3.63, 3.8) is 0 Å². The summed E-state index contributed by atoms with van der Waals surface area (Å²) in [5.74, 6) is -0.148. The molecule has 0 heterocycles. The highest BCUT2D eigenvalue weighted by atomic mass is 16.5. The van der Waals surface area contributed by atoms with Crippen molar-refractivity contribution >= 4 is 18.0 Å². The standard InChI is InChI=1S/C25H33N3O4/c1-7-20-21(9-8-10-22(20)32-6)23(30)27-28(25(4,5)16-26-11-12-29)24(31)19-14-17(2)13-18(3)15-19/h8-10,13-16,29H,7,11-12H2,1-6H3,(H,27,30)/b26-16+. The van der Waals surface area contributed by atoms with E-state index >= 15 is 0 Å². The summed E-state index contributed by atoms with van der Waals surface area (Å²) in [5.41, 5.74) is 5.41. The molecule has 0 atom stereocenters. The third kappa shape index (κ3) is 5.95. The fourth-order valence-corrected chi connectivity index (χ4v) is 3.58. The van der Waals surface area contributed by atoms with Crippen LogP contribution in [0.2, 0.25) is 0 Å². The molecule has 0 aliphatic heterocycles. The van der Waals surface area contributed by atoms with Gasteiger partial charge in [-0.25, -0.2) is 5.01 Å². The van der Waals surface area contributed by atoms with Gasteiger partial charge in [-0.3, -0.25) is 20.0 Å². The number of benzene rings is 2. The molecule has 0 aliphatic carbocycles. The molecule has 0 spiro atoms. The molecule has 172 valence electrons. The lowest BCUT2D eigenvalue weighted by molar-refractivity contribution is 0.0449. The van der Waals surface area contributed by atoms with Gasteiger partial charge in [0.15, 0.2) is 0 Å². The van der Waals surface area contributed by atoms with E-state index in [4.69, 9.17) is 9.84 Å². The zero-order valence-electron chi connectivity index (χ0n) is 19.7. The summed E-state index contributed by atoms with van der Waals surface area (Å²) in [5, 5.41) is 10.4. The van der Waals surface area contributed by atoms with Gasteiger partial charge in [-0.2, -0.15) is 0 Å². The van der Waals surface area contributed by atoms with Gasteiger partial charge in [-0.1, -0.05) is 30.2 Å². The van der Waals surface area contributed by atoms with E-state index in [0.29, 0.717) is 23.3 Å². The van der Waals surface area contributed by atoms with Crippen LogP contribution in [0.1, 0.15) is 58.2 Å². The van der Waals surface area contributed by atoms with Crippen LogP contribution in [-0.4, -0.2) is 53.9 Å². The Hall–Kier alpha value is -3.19. The van der Waals surface area contributed by atoms with Crippen molar-refractivity contribution < 1.29 is 19.4 Å². The summed E-state index contributed by atoms with van der Waals surface area (Å²) in [6.07, 6.45) is 2.16. The highest BCUT2D eigenvalue weighted by molar-refractivity contribution is 6.01. The van der Waals surface area contributed by atoms with E-state index < -0.39 is 11.4 Å². The molecule has 0 unspecified atom stereocenters. The van der Waals surface area contributed by atoms with Crippen LogP contribution >= 0.6 is 0 Å². The fraction of sp³-hybridized carbons (Fsp3) is 0.400.